The summed E-state index contributed by atoms with van der Waals surface area (Å²) in [6.45, 7) is 4.76. The number of benzene rings is 1. The lowest BCUT2D eigenvalue weighted by Gasteiger charge is -2.24. The fraction of sp³-hybridized carbons (Fsp3) is 0.350. The highest BCUT2D eigenvalue weighted by Crippen LogP contribution is 2.33. The first-order valence-corrected chi connectivity index (χ1v) is 8.70. The number of carbonyl (C=O) groups is 1. The van der Waals surface area contributed by atoms with Gasteiger partial charge < -0.3 is 4.90 Å². The summed E-state index contributed by atoms with van der Waals surface area (Å²) in [5.41, 5.74) is 4.71. The smallest absolute Gasteiger partial charge is 0.256 e. The molecule has 5 nitrogen and oxygen atoms in total. The molecule has 1 fully saturated rings. The van der Waals surface area contributed by atoms with Crippen LogP contribution in [-0.4, -0.2) is 32.1 Å². The molecule has 0 bridgehead atoms. The lowest BCUT2D eigenvalue weighted by Crippen LogP contribution is -2.31. The van der Waals surface area contributed by atoms with Crippen molar-refractivity contribution >= 4 is 16.8 Å². The van der Waals surface area contributed by atoms with Gasteiger partial charge in [-0.1, -0.05) is 11.6 Å². The van der Waals surface area contributed by atoms with Crippen molar-refractivity contribution < 1.29 is 4.79 Å². The maximum Gasteiger partial charge on any atom is 0.256 e. The summed E-state index contributed by atoms with van der Waals surface area (Å²) in [5.74, 6) is 0.0692. The third kappa shape index (κ3) is 2.80. The number of nitrogens with zero attached hydrogens (tertiary/aromatic N) is 4. The van der Waals surface area contributed by atoms with Gasteiger partial charge in [-0.3, -0.25) is 14.5 Å². The first kappa shape index (κ1) is 15.8. The Labute approximate surface area is 147 Å². The van der Waals surface area contributed by atoms with Gasteiger partial charge in [0.1, 0.15) is 0 Å². The highest BCUT2D eigenvalue weighted by atomic mass is 16.2. The van der Waals surface area contributed by atoms with Gasteiger partial charge in [-0.2, -0.15) is 5.10 Å². The Kier molecular flexibility index (Phi) is 3.79. The Morgan fingerprint density at radius 1 is 1.24 bits per heavy atom. The Hall–Kier alpha value is -2.69. The van der Waals surface area contributed by atoms with Crippen molar-refractivity contribution in [3.05, 3.63) is 59.0 Å². The molecule has 1 atom stereocenters. The minimum atomic E-state index is 0.0692. The summed E-state index contributed by atoms with van der Waals surface area (Å²) in [5, 5.41) is 5.28. The molecule has 0 aliphatic carbocycles. The predicted octanol–water partition coefficient (Wildman–Crippen LogP) is 3.56. The number of rotatable bonds is 2. The molecule has 0 spiro atoms. The van der Waals surface area contributed by atoms with Crippen LogP contribution in [0.5, 0.6) is 0 Å². The molecule has 0 saturated carbocycles. The molecule has 0 N–H and O–H groups in total. The molecule has 2 aromatic heterocycles. The Morgan fingerprint density at radius 3 is 2.84 bits per heavy atom. The van der Waals surface area contributed by atoms with E-state index in [1.165, 1.54) is 5.56 Å². The van der Waals surface area contributed by atoms with Crippen LogP contribution in [-0.2, 0) is 7.05 Å². The summed E-state index contributed by atoms with van der Waals surface area (Å²) in [6.07, 6.45) is 5.87. The largest absolute Gasteiger partial charge is 0.331 e. The van der Waals surface area contributed by atoms with E-state index in [0.717, 1.165) is 41.5 Å². The predicted molar refractivity (Wildman–Crippen MR) is 97.4 cm³/mol. The molecule has 5 heteroatoms. The van der Waals surface area contributed by atoms with E-state index in [1.54, 1.807) is 4.68 Å². The Bertz CT molecular complexity index is 959. The van der Waals surface area contributed by atoms with Crippen LogP contribution >= 0.6 is 0 Å². The molecule has 25 heavy (non-hydrogen) atoms. The number of hydrogen-bond donors (Lipinski definition) is 0. The van der Waals surface area contributed by atoms with Crippen LogP contribution in [0.25, 0.3) is 10.9 Å². The number of aromatic nitrogens is 3. The molecule has 4 rings (SSSR count). The Balaban J connectivity index is 1.72. The highest BCUT2D eigenvalue weighted by molar-refractivity contribution is 5.99. The molecule has 128 valence electrons. The van der Waals surface area contributed by atoms with Crippen LogP contribution in [0.15, 0.2) is 36.7 Å². The maximum absolute atomic E-state index is 13.2. The van der Waals surface area contributed by atoms with E-state index < -0.39 is 0 Å². The second-order valence-electron chi connectivity index (χ2n) is 6.92. The molecule has 3 aromatic rings. The zero-order chi connectivity index (χ0) is 17.6. The van der Waals surface area contributed by atoms with Crippen LogP contribution in [0.2, 0.25) is 0 Å². The second-order valence-corrected chi connectivity index (χ2v) is 6.92. The molecule has 1 amide bonds. The van der Waals surface area contributed by atoms with E-state index in [-0.39, 0.29) is 11.9 Å². The van der Waals surface area contributed by atoms with Gasteiger partial charge in [-0.15, -0.1) is 0 Å². The molecule has 1 aromatic carbocycles. The molecule has 1 saturated heterocycles. The quantitative estimate of drug-likeness (QED) is 0.720. The van der Waals surface area contributed by atoms with Crippen molar-refractivity contribution in [3.63, 3.8) is 0 Å². The van der Waals surface area contributed by atoms with Crippen molar-refractivity contribution in [3.8, 4) is 0 Å². The SMILES string of the molecule is Cc1ccc2nc(C)c(C(=O)N3CCC[C@H]3c3cnn(C)c3)cc2c1. The summed E-state index contributed by atoms with van der Waals surface area (Å²) >= 11 is 0. The molecule has 0 unspecified atom stereocenters. The number of carbonyl (C=O) groups excluding carboxylic acids is 1. The third-order valence-corrected chi connectivity index (χ3v) is 5.01. The van der Waals surface area contributed by atoms with E-state index in [4.69, 9.17) is 0 Å². The van der Waals surface area contributed by atoms with Crippen LogP contribution in [0, 0.1) is 13.8 Å². The molecular weight excluding hydrogens is 312 g/mol. The van der Waals surface area contributed by atoms with E-state index in [2.05, 4.69) is 29.1 Å². The van der Waals surface area contributed by atoms with Gasteiger partial charge in [-0.25, -0.2) is 0 Å². The Morgan fingerprint density at radius 2 is 2.08 bits per heavy atom. The topological polar surface area (TPSA) is 51.0 Å². The van der Waals surface area contributed by atoms with Crippen LogP contribution in [0.1, 0.15) is 46.1 Å². The van der Waals surface area contributed by atoms with E-state index in [0.29, 0.717) is 5.56 Å². The van der Waals surface area contributed by atoms with Crippen molar-refractivity contribution in [2.24, 2.45) is 7.05 Å². The van der Waals surface area contributed by atoms with Gasteiger partial charge in [0.15, 0.2) is 0 Å². The zero-order valence-electron chi connectivity index (χ0n) is 14.9. The van der Waals surface area contributed by atoms with Gasteiger partial charge in [-0.05, 0) is 44.9 Å². The number of likely N-dealkylation sites (tertiary alicyclic amines) is 1. The van der Waals surface area contributed by atoms with Crippen LogP contribution in [0.3, 0.4) is 0 Å². The van der Waals surface area contributed by atoms with Gasteiger partial charge in [0.25, 0.3) is 5.91 Å². The van der Waals surface area contributed by atoms with Gasteiger partial charge in [0, 0.05) is 30.7 Å². The number of amides is 1. The van der Waals surface area contributed by atoms with Crippen LogP contribution in [0.4, 0.5) is 0 Å². The van der Waals surface area contributed by atoms with Gasteiger partial charge in [0.2, 0.25) is 0 Å². The molecular formula is C20H22N4O. The number of fused-ring (bicyclic) bond motifs is 1. The first-order valence-electron chi connectivity index (χ1n) is 8.70. The minimum Gasteiger partial charge on any atom is -0.331 e. The molecule has 1 aliphatic heterocycles. The molecule has 3 heterocycles. The second kappa shape index (κ2) is 5.99. The third-order valence-electron chi connectivity index (χ3n) is 5.01. The fourth-order valence-corrected chi connectivity index (χ4v) is 3.73. The average Bonchev–Trinajstić information content (AvgIpc) is 3.22. The summed E-state index contributed by atoms with van der Waals surface area (Å²) < 4.78 is 1.79. The normalized spacial score (nSPS) is 17.4. The van der Waals surface area contributed by atoms with E-state index in [9.17, 15) is 4.79 Å². The van der Waals surface area contributed by atoms with Gasteiger partial charge >= 0.3 is 0 Å². The average molecular weight is 334 g/mol. The minimum absolute atomic E-state index is 0.0692. The summed E-state index contributed by atoms with van der Waals surface area (Å²) in [4.78, 5) is 19.9. The van der Waals surface area contributed by atoms with Crippen molar-refractivity contribution in [2.75, 3.05) is 6.54 Å². The van der Waals surface area contributed by atoms with E-state index >= 15 is 0 Å². The first-order chi connectivity index (χ1) is 12.0. The number of aryl methyl sites for hydroxylation is 3. The summed E-state index contributed by atoms with van der Waals surface area (Å²) in [6, 6.07) is 8.25. The summed E-state index contributed by atoms with van der Waals surface area (Å²) in [7, 11) is 1.91. The van der Waals surface area contributed by atoms with Gasteiger partial charge in [0.05, 0.1) is 29.0 Å². The lowest BCUT2D eigenvalue weighted by molar-refractivity contribution is 0.0734. The maximum atomic E-state index is 13.2. The van der Waals surface area contributed by atoms with Crippen molar-refractivity contribution in [1.82, 2.24) is 19.7 Å². The fourth-order valence-electron chi connectivity index (χ4n) is 3.73. The zero-order valence-corrected chi connectivity index (χ0v) is 14.9. The monoisotopic (exact) mass is 334 g/mol. The number of hydrogen-bond acceptors (Lipinski definition) is 3. The highest BCUT2D eigenvalue weighted by Gasteiger charge is 2.32. The van der Waals surface area contributed by atoms with Crippen molar-refractivity contribution in [1.29, 1.82) is 0 Å². The standard InChI is InChI=1S/C20H22N4O/c1-13-6-7-18-15(9-13)10-17(14(2)22-18)20(25)24-8-4-5-19(24)16-11-21-23(3)12-16/h6-7,9-12,19H,4-5,8H2,1-3H3/t19-/m0/s1. The molecule has 1 aliphatic rings. The van der Waals surface area contributed by atoms with Crippen LogP contribution < -0.4 is 0 Å². The lowest BCUT2D eigenvalue weighted by atomic mass is 10.0. The van der Waals surface area contributed by atoms with E-state index in [1.807, 2.05) is 43.4 Å². The van der Waals surface area contributed by atoms with Crippen molar-refractivity contribution in [2.45, 2.75) is 32.7 Å². The molecule has 0 radical (unpaired) electrons. The number of pyridine rings is 1.